The Labute approximate surface area is 159 Å². The molecular formula is C18H16ClN3OS2. The highest BCUT2D eigenvalue weighted by Crippen LogP contribution is 2.33. The normalized spacial score (nSPS) is 14.3. The summed E-state index contributed by atoms with van der Waals surface area (Å²) in [6.07, 6.45) is 0. The van der Waals surface area contributed by atoms with Crippen molar-refractivity contribution in [2.45, 2.75) is 6.54 Å². The molecule has 7 heteroatoms. The molecule has 0 fully saturated rings. The van der Waals surface area contributed by atoms with Gasteiger partial charge in [-0.15, -0.1) is 22.7 Å². The third kappa shape index (κ3) is 3.29. The van der Waals surface area contributed by atoms with Gasteiger partial charge in [-0.1, -0.05) is 29.8 Å². The van der Waals surface area contributed by atoms with Crippen molar-refractivity contribution in [1.29, 1.82) is 0 Å². The number of carbonyl (C=O) groups is 1. The SMILES string of the molecule is CN1CCN(C(=O)c2csc(-c3ccc(Cl)s3)n2)Cc2ccccc21. The Morgan fingerprint density at radius 1 is 1.20 bits per heavy atom. The van der Waals surface area contributed by atoms with Gasteiger partial charge in [0.1, 0.15) is 10.7 Å². The van der Waals surface area contributed by atoms with Crippen molar-refractivity contribution in [3.63, 3.8) is 0 Å². The molecular weight excluding hydrogens is 374 g/mol. The van der Waals surface area contributed by atoms with Crippen molar-refractivity contribution >= 4 is 45.9 Å². The van der Waals surface area contributed by atoms with Gasteiger partial charge in [-0.2, -0.15) is 0 Å². The number of benzene rings is 1. The topological polar surface area (TPSA) is 36.4 Å². The van der Waals surface area contributed by atoms with Crippen LogP contribution < -0.4 is 4.90 Å². The summed E-state index contributed by atoms with van der Waals surface area (Å²) in [5.41, 5.74) is 2.85. The van der Waals surface area contributed by atoms with Gasteiger partial charge in [-0.3, -0.25) is 4.79 Å². The highest BCUT2D eigenvalue weighted by molar-refractivity contribution is 7.23. The molecule has 3 aromatic rings. The van der Waals surface area contributed by atoms with E-state index in [1.165, 1.54) is 28.4 Å². The molecule has 0 saturated carbocycles. The Morgan fingerprint density at radius 2 is 2.04 bits per heavy atom. The number of hydrogen-bond acceptors (Lipinski definition) is 5. The van der Waals surface area contributed by atoms with Gasteiger partial charge < -0.3 is 9.80 Å². The summed E-state index contributed by atoms with van der Waals surface area (Å²) in [6.45, 7) is 2.10. The van der Waals surface area contributed by atoms with Crippen molar-refractivity contribution in [1.82, 2.24) is 9.88 Å². The van der Waals surface area contributed by atoms with Crippen molar-refractivity contribution in [3.05, 3.63) is 57.4 Å². The van der Waals surface area contributed by atoms with Crippen LogP contribution in [0.4, 0.5) is 5.69 Å². The third-order valence-electron chi connectivity index (χ3n) is 4.26. The van der Waals surface area contributed by atoms with Gasteiger partial charge in [0.2, 0.25) is 0 Å². The molecule has 3 heterocycles. The molecule has 2 aromatic heterocycles. The molecule has 0 unspecified atom stereocenters. The summed E-state index contributed by atoms with van der Waals surface area (Å²) in [5.74, 6) is -0.0183. The van der Waals surface area contributed by atoms with Gasteiger partial charge in [-0.25, -0.2) is 4.98 Å². The minimum atomic E-state index is -0.0183. The summed E-state index contributed by atoms with van der Waals surface area (Å²) in [5, 5.41) is 2.68. The molecule has 0 aliphatic carbocycles. The standard InChI is InChI=1S/C18H16ClN3OS2/c1-21-8-9-22(10-12-4-2-3-5-14(12)21)18(23)13-11-24-17(20-13)15-6-7-16(19)25-15/h2-7,11H,8-10H2,1H3. The van der Waals surface area contributed by atoms with Gasteiger partial charge in [0, 0.05) is 37.7 Å². The summed E-state index contributed by atoms with van der Waals surface area (Å²) >= 11 is 8.96. The van der Waals surface area contributed by atoms with E-state index in [4.69, 9.17) is 11.6 Å². The maximum atomic E-state index is 12.9. The predicted octanol–water partition coefficient (Wildman–Crippen LogP) is 4.62. The van der Waals surface area contributed by atoms with Crippen LogP contribution in [0.2, 0.25) is 4.34 Å². The number of carbonyl (C=O) groups excluding carboxylic acids is 1. The Morgan fingerprint density at radius 3 is 2.84 bits per heavy atom. The maximum Gasteiger partial charge on any atom is 0.273 e. The van der Waals surface area contributed by atoms with Crippen LogP contribution in [0.3, 0.4) is 0 Å². The largest absolute Gasteiger partial charge is 0.373 e. The van der Waals surface area contributed by atoms with E-state index in [1.807, 2.05) is 34.5 Å². The fourth-order valence-electron chi connectivity index (χ4n) is 2.94. The van der Waals surface area contributed by atoms with E-state index in [1.54, 1.807) is 0 Å². The zero-order valence-electron chi connectivity index (χ0n) is 13.6. The number of halogens is 1. The molecule has 0 bridgehead atoms. The van der Waals surface area contributed by atoms with Gasteiger partial charge in [0.15, 0.2) is 0 Å². The lowest BCUT2D eigenvalue weighted by atomic mass is 10.1. The lowest BCUT2D eigenvalue weighted by molar-refractivity contribution is 0.0747. The van der Waals surface area contributed by atoms with Crippen molar-refractivity contribution in [2.24, 2.45) is 0 Å². The molecule has 0 saturated heterocycles. The number of thiazole rings is 1. The number of rotatable bonds is 2. The second-order valence-corrected chi connectivity index (χ2v) is 8.49. The second kappa shape index (κ2) is 6.78. The van der Waals surface area contributed by atoms with Crippen LogP contribution in [0.25, 0.3) is 9.88 Å². The molecule has 128 valence electrons. The number of fused-ring (bicyclic) bond motifs is 1. The lowest BCUT2D eigenvalue weighted by Crippen LogP contribution is -2.34. The van der Waals surface area contributed by atoms with Crippen molar-refractivity contribution < 1.29 is 4.79 Å². The number of nitrogens with zero attached hydrogens (tertiary/aromatic N) is 3. The van der Waals surface area contributed by atoms with Crippen molar-refractivity contribution in [3.8, 4) is 9.88 Å². The Balaban J connectivity index is 1.58. The van der Waals surface area contributed by atoms with Gasteiger partial charge in [-0.05, 0) is 23.8 Å². The van der Waals surface area contributed by atoms with E-state index in [0.717, 1.165) is 26.3 Å². The zero-order chi connectivity index (χ0) is 17.4. The molecule has 1 aromatic carbocycles. The highest BCUT2D eigenvalue weighted by atomic mass is 35.5. The van der Waals surface area contributed by atoms with Crippen molar-refractivity contribution in [2.75, 3.05) is 25.0 Å². The van der Waals surface area contributed by atoms with E-state index in [-0.39, 0.29) is 5.91 Å². The van der Waals surface area contributed by atoms with E-state index in [9.17, 15) is 4.79 Å². The van der Waals surface area contributed by atoms with Gasteiger partial charge in [0.05, 0.1) is 9.21 Å². The van der Waals surface area contributed by atoms with Gasteiger partial charge in [0.25, 0.3) is 5.91 Å². The molecule has 0 N–H and O–H groups in total. The van der Waals surface area contributed by atoms with Crippen LogP contribution in [0, 0.1) is 0 Å². The summed E-state index contributed by atoms with van der Waals surface area (Å²) in [4.78, 5) is 22.6. The summed E-state index contributed by atoms with van der Waals surface area (Å²) in [6, 6.07) is 12.0. The van der Waals surface area contributed by atoms with E-state index in [0.29, 0.717) is 18.8 Å². The molecule has 0 spiro atoms. The highest BCUT2D eigenvalue weighted by Gasteiger charge is 2.24. The Hall–Kier alpha value is -1.89. The van der Waals surface area contributed by atoms with E-state index < -0.39 is 0 Å². The Kier molecular flexibility index (Phi) is 4.50. The molecule has 25 heavy (non-hydrogen) atoms. The predicted molar refractivity (Wildman–Crippen MR) is 105 cm³/mol. The number of para-hydroxylation sites is 1. The lowest BCUT2D eigenvalue weighted by Gasteiger charge is -2.20. The molecule has 1 aliphatic rings. The first-order valence-electron chi connectivity index (χ1n) is 7.91. The van der Waals surface area contributed by atoms with Crippen LogP contribution in [-0.4, -0.2) is 35.9 Å². The number of hydrogen-bond donors (Lipinski definition) is 0. The van der Waals surface area contributed by atoms with Crippen LogP contribution in [0.15, 0.2) is 41.8 Å². The smallest absolute Gasteiger partial charge is 0.273 e. The first-order chi connectivity index (χ1) is 12.1. The molecule has 1 aliphatic heterocycles. The number of likely N-dealkylation sites (N-methyl/N-ethyl adjacent to an activating group) is 1. The minimum Gasteiger partial charge on any atom is -0.373 e. The molecule has 4 nitrogen and oxygen atoms in total. The quantitative estimate of drug-likeness (QED) is 0.641. The molecule has 0 radical (unpaired) electrons. The van der Waals surface area contributed by atoms with E-state index in [2.05, 4.69) is 29.1 Å². The van der Waals surface area contributed by atoms with Crippen LogP contribution in [0.5, 0.6) is 0 Å². The number of aromatic nitrogens is 1. The molecule has 4 rings (SSSR count). The van der Waals surface area contributed by atoms with Crippen LogP contribution in [0.1, 0.15) is 16.1 Å². The Bertz CT molecular complexity index is 920. The third-order valence-corrected chi connectivity index (χ3v) is 6.51. The fourth-order valence-corrected chi connectivity index (χ4v) is 4.85. The first kappa shape index (κ1) is 16.6. The molecule has 0 atom stereocenters. The van der Waals surface area contributed by atoms with Crippen LogP contribution >= 0.6 is 34.3 Å². The number of thiophene rings is 1. The minimum absolute atomic E-state index is 0.0183. The fraction of sp³-hybridized carbons (Fsp3) is 0.222. The molecule has 1 amide bonds. The van der Waals surface area contributed by atoms with E-state index >= 15 is 0 Å². The average Bonchev–Trinajstić information content (AvgIpc) is 3.23. The number of anilines is 1. The number of amides is 1. The zero-order valence-corrected chi connectivity index (χ0v) is 16.0. The summed E-state index contributed by atoms with van der Waals surface area (Å²) in [7, 11) is 2.06. The summed E-state index contributed by atoms with van der Waals surface area (Å²) < 4.78 is 0.727. The second-order valence-electron chi connectivity index (χ2n) is 5.92. The van der Waals surface area contributed by atoms with Gasteiger partial charge >= 0.3 is 0 Å². The average molecular weight is 390 g/mol. The monoisotopic (exact) mass is 389 g/mol. The first-order valence-corrected chi connectivity index (χ1v) is 9.99. The maximum absolute atomic E-state index is 12.9. The van der Waals surface area contributed by atoms with Crippen LogP contribution in [-0.2, 0) is 6.54 Å².